The van der Waals surface area contributed by atoms with Crippen LogP contribution >= 0.6 is 0 Å². The van der Waals surface area contributed by atoms with Gasteiger partial charge in [-0.2, -0.15) is 5.01 Å². The molecule has 5 amide bonds. The Morgan fingerprint density at radius 3 is 2.04 bits per heavy atom. The molecule has 2 heterocycles. The molecule has 0 radical (unpaired) electrons. The van der Waals surface area contributed by atoms with Gasteiger partial charge in [-0.3, -0.25) is 34.2 Å². The summed E-state index contributed by atoms with van der Waals surface area (Å²) >= 11 is 0. The van der Waals surface area contributed by atoms with Gasteiger partial charge in [-0.25, -0.2) is 0 Å². The molecule has 3 rings (SSSR count). The number of hydrogen-bond acceptors (Lipinski definition) is 6. The van der Waals surface area contributed by atoms with Crippen molar-refractivity contribution in [3.63, 3.8) is 0 Å². The first-order valence-corrected chi connectivity index (χ1v) is 6.75. The first-order valence-electron chi connectivity index (χ1n) is 6.75. The predicted molar refractivity (Wildman–Crippen MR) is 72.1 cm³/mol. The van der Waals surface area contributed by atoms with Crippen molar-refractivity contribution < 1.29 is 28.8 Å². The number of hydrazine groups is 1. The molecule has 0 atom stereocenters. The minimum Gasteiger partial charge on any atom is -0.273 e. The number of fused-ring (bicyclic) bond motifs is 1. The normalized spacial score (nSPS) is 17.0. The molecule has 2 aliphatic heterocycles. The van der Waals surface area contributed by atoms with Gasteiger partial charge in [0, 0.05) is 12.8 Å². The molecule has 1 saturated heterocycles. The zero-order valence-electron chi connectivity index (χ0n) is 11.8. The van der Waals surface area contributed by atoms with Crippen molar-refractivity contribution in [3.8, 4) is 0 Å². The van der Waals surface area contributed by atoms with Crippen LogP contribution in [0.3, 0.4) is 0 Å². The van der Waals surface area contributed by atoms with Crippen LogP contribution in [0.25, 0.3) is 0 Å². The predicted octanol–water partition coefficient (Wildman–Crippen LogP) is -0.606. The van der Waals surface area contributed by atoms with Crippen LogP contribution in [-0.2, 0) is 19.2 Å². The second-order valence-corrected chi connectivity index (χ2v) is 4.88. The van der Waals surface area contributed by atoms with E-state index in [1.54, 1.807) is 12.1 Å². The molecule has 0 unspecified atom stereocenters. The topological polar surface area (TPSA) is 113 Å². The molecule has 9 heteroatoms. The number of nitrogens with zero attached hydrogens (tertiary/aromatic N) is 2. The highest BCUT2D eigenvalue weighted by Gasteiger charge is 2.37. The van der Waals surface area contributed by atoms with Crippen molar-refractivity contribution in [3.05, 3.63) is 35.4 Å². The van der Waals surface area contributed by atoms with E-state index in [0.717, 1.165) is 0 Å². The molecule has 23 heavy (non-hydrogen) atoms. The lowest BCUT2D eigenvalue weighted by atomic mass is 10.1. The van der Waals surface area contributed by atoms with Crippen molar-refractivity contribution >= 4 is 29.5 Å². The zero-order valence-corrected chi connectivity index (χ0v) is 11.8. The van der Waals surface area contributed by atoms with Gasteiger partial charge in [-0.15, -0.1) is 5.06 Å². The molecule has 1 aromatic rings. The van der Waals surface area contributed by atoms with E-state index in [0.29, 0.717) is 10.1 Å². The average Bonchev–Trinajstić information content (AvgIpc) is 2.98. The summed E-state index contributed by atoms with van der Waals surface area (Å²) in [7, 11) is 0. The Kier molecular flexibility index (Phi) is 3.62. The fraction of sp³-hybridized carbons (Fsp3) is 0.214. The molecule has 1 aromatic carbocycles. The quantitative estimate of drug-likeness (QED) is 0.742. The number of carbonyl (C=O) groups excluding carboxylic acids is 5. The summed E-state index contributed by atoms with van der Waals surface area (Å²) in [5.41, 5.74) is 2.44. The third-order valence-corrected chi connectivity index (χ3v) is 3.37. The SMILES string of the molecule is O=C(CON1C(=O)c2ccccc2C1=O)NN1C(=O)CCC1=O. The number of hydroxylamine groups is 2. The first-order chi connectivity index (χ1) is 11.0. The Labute approximate surface area is 129 Å². The van der Waals surface area contributed by atoms with Crippen LogP contribution in [-0.4, -0.2) is 46.2 Å². The molecule has 0 saturated carbocycles. The number of nitrogens with one attached hydrogen (secondary N) is 1. The zero-order chi connectivity index (χ0) is 16.6. The summed E-state index contributed by atoms with van der Waals surface area (Å²) in [6.07, 6.45) is 0.0523. The molecular formula is C14H11N3O6. The smallest absolute Gasteiger partial charge is 0.273 e. The number of benzene rings is 1. The lowest BCUT2D eigenvalue weighted by Crippen LogP contribution is -2.47. The molecule has 9 nitrogen and oxygen atoms in total. The number of imide groups is 2. The maximum Gasteiger partial charge on any atom is 0.285 e. The van der Waals surface area contributed by atoms with E-state index in [4.69, 9.17) is 4.84 Å². The fourth-order valence-corrected chi connectivity index (χ4v) is 2.27. The summed E-state index contributed by atoms with van der Waals surface area (Å²) in [6, 6.07) is 6.15. The van der Waals surface area contributed by atoms with E-state index in [2.05, 4.69) is 5.43 Å². The van der Waals surface area contributed by atoms with E-state index in [1.807, 2.05) is 0 Å². The second-order valence-electron chi connectivity index (χ2n) is 4.88. The Morgan fingerprint density at radius 2 is 1.52 bits per heavy atom. The van der Waals surface area contributed by atoms with Crippen LogP contribution in [0.15, 0.2) is 24.3 Å². The number of hydrogen-bond donors (Lipinski definition) is 1. The standard InChI is InChI=1S/C14H11N3O6/c18-10(15-16-11(19)5-6-12(16)20)7-23-17-13(21)8-3-1-2-4-9(8)14(17)22/h1-4H,5-7H2,(H,15,18). The molecule has 0 aliphatic carbocycles. The fourth-order valence-electron chi connectivity index (χ4n) is 2.27. The van der Waals surface area contributed by atoms with Crippen molar-refractivity contribution in [1.29, 1.82) is 0 Å². The van der Waals surface area contributed by atoms with Gasteiger partial charge < -0.3 is 0 Å². The van der Waals surface area contributed by atoms with E-state index >= 15 is 0 Å². The van der Waals surface area contributed by atoms with E-state index in [9.17, 15) is 24.0 Å². The molecular weight excluding hydrogens is 306 g/mol. The Hall–Kier alpha value is -3.07. The number of rotatable bonds is 4. The summed E-state index contributed by atoms with van der Waals surface area (Å²) in [4.78, 5) is 63.4. The minimum atomic E-state index is -0.829. The van der Waals surface area contributed by atoms with Crippen molar-refractivity contribution in [2.24, 2.45) is 0 Å². The molecule has 0 spiro atoms. The van der Waals surface area contributed by atoms with Gasteiger partial charge in [0.05, 0.1) is 11.1 Å². The van der Waals surface area contributed by atoms with Gasteiger partial charge in [-0.1, -0.05) is 12.1 Å². The van der Waals surface area contributed by atoms with Gasteiger partial charge in [-0.05, 0) is 12.1 Å². The molecule has 0 bridgehead atoms. The first kappa shape index (κ1) is 14.9. The second kappa shape index (κ2) is 5.61. The average molecular weight is 317 g/mol. The van der Waals surface area contributed by atoms with Gasteiger partial charge in [0.2, 0.25) is 11.8 Å². The van der Waals surface area contributed by atoms with Crippen molar-refractivity contribution in [2.45, 2.75) is 12.8 Å². The molecule has 1 N–H and O–H groups in total. The summed E-state index contributed by atoms with van der Waals surface area (Å²) < 4.78 is 0. The van der Waals surface area contributed by atoms with Crippen LogP contribution in [0, 0.1) is 0 Å². The monoisotopic (exact) mass is 317 g/mol. The molecule has 0 aromatic heterocycles. The molecule has 2 aliphatic rings. The molecule has 118 valence electrons. The summed E-state index contributed by atoms with van der Waals surface area (Å²) in [6.45, 7) is -0.692. The van der Waals surface area contributed by atoms with Gasteiger partial charge in [0.25, 0.3) is 17.7 Å². The Morgan fingerprint density at radius 1 is 1.00 bits per heavy atom. The van der Waals surface area contributed by atoms with Crippen molar-refractivity contribution in [1.82, 2.24) is 15.5 Å². The lowest BCUT2D eigenvalue weighted by Gasteiger charge is -2.16. The van der Waals surface area contributed by atoms with E-state index in [-0.39, 0.29) is 24.0 Å². The third-order valence-electron chi connectivity index (χ3n) is 3.37. The van der Waals surface area contributed by atoms with Crippen LogP contribution in [0.5, 0.6) is 0 Å². The summed E-state index contributed by atoms with van der Waals surface area (Å²) in [5, 5.41) is 1.09. The maximum absolute atomic E-state index is 12.0. The van der Waals surface area contributed by atoms with Crippen LogP contribution in [0.2, 0.25) is 0 Å². The number of carbonyl (C=O) groups is 5. The molecule has 1 fully saturated rings. The highest BCUT2D eigenvalue weighted by Crippen LogP contribution is 2.22. The third kappa shape index (κ3) is 2.57. The largest absolute Gasteiger partial charge is 0.285 e. The van der Waals surface area contributed by atoms with E-state index in [1.165, 1.54) is 12.1 Å². The van der Waals surface area contributed by atoms with Gasteiger partial charge in [0.15, 0.2) is 6.61 Å². The minimum absolute atomic E-state index is 0.0262. The van der Waals surface area contributed by atoms with E-state index < -0.39 is 36.1 Å². The summed E-state index contributed by atoms with van der Waals surface area (Å²) in [5.74, 6) is -3.23. The number of amides is 5. The van der Waals surface area contributed by atoms with Gasteiger partial charge in [0.1, 0.15) is 0 Å². The Balaban J connectivity index is 1.60. The van der Waals surface area contributed by atoms with Crippen LogP contribution < -0.4 is 5.43 Å². The van der Waals surface area contributed by atoms with Gasteiger partial charge >= 0.3 is 0 Å². The highest BCUT2D eigenvalue weighted by molar-refractivity contribution is 6.20. The van der Waals surface area contributed by atoms with Crippen LogP contribution in [0.4, 0.5) is 0 Å². The van der Waals surface area contributed by atoms with Crippen LogP contribution in [0.1, 0.15) is 33.6 Å². The Bertz CT molecular complexity index is 693. The maximum atomic E-state index is 12.0. The lowest BCUT2D eigenvalue weighted by molar-refractivity contribution is -0.154. The highest BCUT2D eigenvalue weighted by atomic mass is 16.7. The van der Waals surface area contributed by atoms with Crippen molar-refractivity contribution in [2.75, 3.05) is 6.61 Å².